The summed E-state index contributed by atoms with van der Waals surface area (Å²) < 4.78 is 0. The number of carboxylic acid groups (broad SMARTS) is 1. The van der Waals surface area contributed by atoms with Gasteiger partial charge in [-0.3, -0.25) is 9.59 Å². The number of aliphatic carboxylic acids is 1. The second-order valence-electron chi connectivity index (χ2n) is 5.83. The van der Waals surface area contributed by atoms with Gasteiger partial charge in [0.25, 0.3) is 0 Å². The van der Waals surface area contributed by atoms with Gasteiger partial charge in [0.15, 0.2) is 0 Å². The van der Waals surface area contributed by atoms with Crippen molar-refractivity contribution in [1.82, 2.24) is 10.6 Å². The quantitative estimate of drug-likeness (QED) is 0.773. The molecule has 0 saturated heterocycles. The van der Waals surface area contributed by atoms with Crippen molar-refractivity contribution in [2.24, 2.45) is 0 Å². The number of benzene rings is 1. The lowest BCUT2D eigenvalue weighted by Gasteiger charge is -2.30. The lowest BCUT2D eigenvalue weighted by molar-refractivity contribution is -0.138. The third-order valence-corrected chi connectivity index (χ3v) is 3.47. The number of amides is 1. The van der Waals surface area contributed by atoms with Gasteiger partial charge in [0.1, 0.15) is 0 Å². The van der Waals surface area contributed by atoms with Gasteiger partial charge in [0, 0.05) is 18.6 Å². The lowest BCUT2D eigenvalue weighted by Crippen LogP contribution is -2.49. The van der Waals surface area contributed by atoms with Crippen molar-refractivity contribution in [3.05, 3.63) is 35.4 Å². The first-order chi connectivity index (χ1) is 9.39. The van der Waals surface area contributed by atoms with E-state index in [4.69, 9.17) is 5.11 Å². The molecule has 0 fully saturated rings. The van der Waals surface area contributed by atoms with Crippen molar-refractivity contribution in [1.29, 1.82) is 0 Å². The van der Waals surface area contributed by atoms with Crippen LogP contribution in [0, 0.1) is 0 Å². The summed E-state index contributed by atoms with van der Waals surface area (Å²) in [6.45, 7) is 4.78. The Bertz CT molecular complexity index is 526. The first-order valence-corrected chi connectivity index (χ1v) is 6.71. The number of hydrogen-bond acceptors (Lipinski definition) is 3. The van der Waals surface area contributed by atoms with E-state index in [1.807, 2.05) is 24.3 Å². The molecule has 0 bridgehead atoms. The van der Waals surface area contributed by atoms with Gasteiger partial charge < -0.3 is 15.7 Å². The fourth-order valence-electron chi connectivity index (χ4n) is 2.57. The van der Waals surface area contributed by atoms with Crippen molar-refractivity contribution in [2.75, 3.05) is 6.54 Å². The standard InChI is InChI=1S/C15H20N2O3/c1-15(2,7-13(18)19)17-14(20)12-9-16-8-10-5-3-4-6-11(10)12/h3-6,12,16H,7-9H2,1-2H3,(H,17,20)(H,18,19). The maximum atomic E-state index is 12.4. The average molecular weight is 276 g/mol. The van der Waals surface area contributed by atoms with Crippen molar-refractivity contribution in [2.45, 2.75) is 38.3 Å². The van der Waals surface area contributed by atoms with E-state index < -0.39 is 11.5 Å². The normalized spacial score (nSPS) is 18.2. The van der Waals surface area contributed by atoms with Gasteiger partial charge in [-0.05, 0) is 25.0 Å². The molecular formula is C15H20N2O3. The summed E-state index contributed by atoms with van der Waals surface area (Å²) in [6.07, 6.45) is -0.0967. The molecule has 1 aromatic carbocycles. The van der Waals surface area contributed by atoms with Gasteiger partial charge in [-0.2, -0.15) is 0 Å². The predicted octanol–water partition coefficient (Wildman–Crippen LogP) is 1.24. The fourth-order valence-corrected chi connectivity index (χ4v) is 2.57. The Labute approximate surface area is 118 Å². The monoisotopic (exact) mass is 276 g/mol. The minimum Gasteiger partial charge on any atom is -0.481 e. The molecule has 0 radical (unpaired) electrons. The molecule has 1 aromatic rings. The van der Waals surface area contributed by atoms with Crippen LogP contribution < -0.4 is 10.6 Å². The van der Waals surface area contributed by atoms with Crippen LogP contribution in [0.25, 0.3) is 0 Å². The highest BCUT2D eigenvalue weighted by molar-refractivity contribution is 5.85. The molecule has 1 atom stereocenters. The van der Waals surface area contributed by atoms with Crippen LogP contribution in [0.15, 0.2) is 24.3 Å². The maximum Gasteiger partial charge on any atom is 0.305 e. The summed E-state index contributed by atoms with van der Waals surface area (Å²) in [6, 6.07) is 7.84. The van der Waals surface area contributed by atoms with Crippen molar-refractivity contribution >= 4 is 11.9 Å². The lowest BCUT2D eigenvalue weighted by atomic mass is 9.89. The van der Waals surface area contributed by atoms with Crippen LogP contribution in [0.3, 0.4) is 0 Å². The van der Waals surface area contributed by atoms with Crippen LogP contribution in [0.1, 0.15) is 37.3 Å². The molecule has 2 rings (SSSR count). The first kappa shape index (κ1) is 14.5. The van der Waals surface area contributed by atoms with Gasteiger partial charge >= 0.3 is 5.97 Å². The van der Waals surface area contributed by atoms with Gasteiger partial charge in [0.05, 0.1) is 12.3 Å². The number of carbonyl (C=O) groups is 2. The highest BCUT2D eigenvalue weighted by Gasteiger charge is 2.31. The van der Waals surface area contributed by atoms with Gasteiger partial charge in [0.2, 0.25) is 5.91 Å². The summed E-state index contributed by atoms with van der Waals surface area (Å²) in [7, 11) is 0. The molecule has 1 aliphatic rings. The van der Waals surface area contributed by atoms with Gasteiger partial charge in [-0.15, -0.1) is 0 Å². The van der Waals surface area contributed by atoms with Crippen molar-refractivity contribution < 1.29 is 14.7 Å². The highest BCUT2D eigenvalue weighted by Crippen LogP contribution is 2.24. The fraction of sp³-hybridized carbons (Fsp3) is 0.467. The number of hydrogen-bond donors (Lipinski definition) is 3. The number of fused-ring (bicyclic) bond motifs is 1. The molecular weight excluding hydrogens is 256 g/mol. The summed E-state index contributed by atoms with van der Waals surface area (Å²) in [5, 5.41) is 14.9. The Balaban J connectivity index is 2.13. The Morgan fingerprint density at radius 2 is 2.10 bits per heavy atom. The van der Waals surface area contributed by atoms with Gasteiger partial charge in [-0.25, -0.2) is 0 Å². The van der Waals surface area contributed by atoms with Crippen LogP contribution in [-0.2, 0) is 16.1 Å². The SMILES string of the molecule is CC(C)(CC(=O)O)NC(=O)C1CNCc2ccccc21. The van der Waals surface area contributed by atoms with E-state index in [0.29, 0.717) is 6.54 Å². The zero-order chi connectivity index (χ0) is 14.8. The third kappa shape index (κ3) is 3.36. The zero-order valence-corrected chi connectivity index (χ0v) is 11.8. The van der Waals surface area contributed by atoms with E-state index in [1.54, 1.807) is 13.8 Å². The molecule has 3 N–H and O–H groups in total. The Morgan fingerprint density at radius 1 is 1.40 bits per heavy atom. The van der Waals surface area contributed by atoms with E-state index >= 15 is 0 Å². The maximum absolute atomic E-state index is 12.4. The molecule has 5 nitrogen and oxygen atoms in total. The predicted molar refractivity (Wildman–Crippen MR) is 75.4 cm³/mol. The van der Waals surface area contributed by atoms with Crippen molar-refractivity contribution in [3.8, 4) is 0 Å². The minimum atomic E-state index is -0.919. The van der Waals surface area contributed by atoms with Crippen LogP contribution in [-0.4, -0.2) is 29.1 Å². The average Bonchev–Trinajstić information content (AvgIpc) is 2.35. The van der Waals surface area contributed by atoms with Crippen LogP contribution in [0.5, 0.6) is 0 Å². The molecule has 108 valence electrons. The van der Waals surface area contributed by atoms with Crippen molar-refractivity contribution in [3.63, 3.8) is 0 Å². The Hall–Kier alpha value is -1.88. The number of carbonyl (C=O) groups excluding carboxylic acids is 1. The molecule has 0 saturated carbocycles. The molecule has 1 aliphatic heterocycles. The topological polar surface area (TPSA) is 78.4 Å². The summed E-state index contributed by atoms with van der Waals surface area (Å²) in [5.41, 5.74) is 1.39. The smallest absolute Gasteiger partial charge is 0.305 e. The largest absolute Gasteiger partial charge is 0.481 e. The van der Waals surface area contributed by atoms with E-state index in [0.717, 1.165) is 17.7 Å². The van der Waals surface area contributed by atoms with Crippen LogP contribution >= 0.6 is 0 Å². The van der Waals surface area contributed by atoms with E-state index in [1.165, 1.54) is 0 Å². The van der Waals surface area contributed by atoms with Gasteiger partial charge in [-0.1, -0.05) is 24.3 Å². The van der Waals surface area contributed by atoms with Crippen LogP contribution in [0.2, 0.25) is 0 Å². The summed E-state index contributed by atoms with van der Waals surface area (Å²) >= 11 is 0. The summed E-state index contributed by atoms with van der Waals surface area (Å²) in [4.78, 5) is 23.2. The van der Waals surface area contributed by atoms with Crippen LogP contribution in [0.4, 0.5) is 0 Å². The zero-order valence-electron chi connectivity index (χ0n) is 11.8. The third-order valence-electron chi connectivity index (χ3n) is 3.47. The molecule has 1 amide bonds. The molecule has 0 aliphatic carbocycles. The molecule has 1 unspecified atom stereocenters. The molecule has 1 heterocycles. The van der Waals surface area contributed by atoms with E-state index in [9.17, 15) is 9.59 Å². The second kappa shape index (κ2) is 5.63. The molecule has 20 heavy (non-hydrogen) atoms. The second-order valence-corrected chi connectivity index (χ2v) is 5.83. The first-order valence-electron chi connectivity index (χ1n) is 6.71. The number of nitrogens with one attached hydrogen (secondary N) is 2. The minimum absolute atomic E-state index is 0.0967. The molecule has 0 spiro atoms. The highest BCUT2D eigenvalue weighted by atomic mass is 16.4. The summed E-state index contributed by atoms with van der Waals surface area (Å²) in [5.74, 6) is -1.32. The molecule has 0 aromatic heterocycles. The number of carboxylic acids is 1. The molecule has 5 heteroatoms. The Kier molecular flexibility index (Phi) is 4.09. The Morgan fingerprint density at radius 3 is 2.80 bits per heavy atom. The van der Waals surface area contributed by atoms with E-state index in [-0.39, 0.29) is 18.2 Å². The number of rotatable bonds is 4. The van der Waals surface area contributed by atoms with E-state index in [2.05, 4.69) is 10.6 Å².